The number of nitrogens with one attached hydrogen (secondary N) is 1. The Bertz CT molecular complexity index is 880. The number of carbonyl (C=O) groups excluding carboxylic acids is 2. The van der Waals surface area contributed by atoms with Crippen LogP contribution in [-0.2, 0) is 9.53 Å². The van der Waals surface area contributed by atoms with E-state index in [1.807, 2.05) is 27.7 Å². The Kier molecular flexibility index (Phi) is 6.55. The zero-order valence-electron chi connectivity index (χ0n) is 18.1. The summed E-state index contributed by atoms with van der Waals surface area (Å²) < 4.78 is 7.15. The van der Waals surface area contributed by atoms with Crippen LogP contribution in [0.4, 0.5) is 0 Å². The van der Waals surface area contributed by atoms with E-state index in [0.717, 1.165) is 37.3 Å². The maximum absolute atomic E-state index is 12.8. The summed E-state index contributed by atoms with van der Waals surface area (Å²) in [6.45, 7) is 10.1. The third-order valence-corrected chi connectivity index (χ3v) is 5.60. The fraction of sp³-hybridized carbons (Fsp3) is 0.636. The summed E-state index contributed by atoms with van der Waals surface area (Å²) in [6.07, 6.45) is 5.86. The monoisotopic (exact) mass is 400 g/mol. The molecule has 2 aromatic heterocycles. The third-order valence-electron chi connectivity index (χ3n) is 5.60. The number of hydrogen-bond donors (Lipinski definition) is 1. The molecule has 0 unspecified atom stereocenters. The van der Waals surface area contributed by atoms with E-state index in [1.54, 1.807) is 16.9 Å². The molecule has 3 rings (SSSR count). The summed E-state index contributed by atoms with van der Waals surface area (Å²) in [5.41, 5.74) is 1.87. The first-order chi connectivity index (χ1) is 13.8. The lowest BCUT2D eigenvalue weighted by atomic mass is 9.87. The van der Waals surface area contributed by atoms with Gasteiger partial charge >= 0.3 is 5.97 Å². The lowest BCUT2D eigenvalue weighted by Gasteiger charge is -2.26. The normalized spacial score (nSPS) is 19.7. The highest BCUT2D eigenvalue weighted by Gasteiger charge is 2.22. The summed E-state index contributed by atoms with van der Waals surface area (Å²) in [5.74, 6) is 0.107. The van der Waals surface area contributed by atoms with Gasteiger partial charge in [0.05, 0.1) is 17.1 Å². The van der Waals surface area contributed by atoms with E-state index < -0.39 is 5.97 Å². The van der Waals surface area contributed by atoms with Crippen LogP contribution < -0.4 is 5.32 Å². The van der Waals surface area contributed by atoms with E-state index in [4.69, 9.17) is 9.72 Å². The molecule has 1 fully saturated rings. The number of fused-ring (bicyclic) bond motifs is 1. The second kappa shape index (κ2) is 8.93. The lowest BCUT2D eigenvalue weighted by molar-refractivity contribution is -0.125. The number of rotatable bonds is 6. The van der Waals surface area contributed by atoms with E-state index in [1.165, 1.54) is 0 Å². The van der Waals surface area contributed by atoms with Gasteiger partial charge in [0.25, 0.3) is 5.91 Å². The summed E-state index contributed by atoms with van der Waals surface area (Å²) in [4.78, 5) is 29.7. The summed E-state index contributed by atoms with van der Waals surface area (Å²) in [5, 5.41) is 8.02. The van der Waals surface area contributed by atoms with Crippen molar-refractivity contribution in [2.75, 3.05) is 6.61 Å². The molecule has 0 spiro atoms. The molecular formula is C22H32N4O3. The van der Waals surface area contributed by atoms with Gasteiger partial charge in [-0.25, -0.2) is 14.5 Å². The molecule has 1 aliphatic rings. The van der Waals surface area contributed by atoms with E-state index in [9.17, 15) is 9.59 Å². The number of hydrogen-bond acceptors (Lipinski definition) is 5. The Morgan fingerprint density at radius 2 is 1.90 bits per heavy atom. The molecule has 2 aromatic rings. The van der Waals surface area contributed by atoms with E-state index in [0.29, 0.717) is 16.6 Å². The minimum atomic E-state index is -0.518. The van der Waals surface area contributed by atoms with Gasteiger partial charge in [-0.05, 0) is 57.4 Å². The van der Waals surface area contributed by atoms with Crippen LogP contribution in [0.25, 0.3) is 11.0 Å². The van der Waals surface area contributed by atoms with Crippen LogP contribution >= 0.6 is 0 Å². The quantitative estimate of drug-likeness (QED) is 0.741. The number of esters is 1. The van der Waals surface area contributed by atoms with E-state index in [2.05, 4.69) is 17.3 Å². The molecule has 0 aromatic carbocycles. The van der Waals surface area contributed by atoms with Crippen molar-refractivity contribution in [3.05, 3.63) is 23.5 Å². The van der Waals surface area contributed by atoms with Gasteiger partial charge in [0.1, 0.15) is 0 Å². The summed E-state index contributed by atoms with van der Waals surface area (Å²) >= 11 is 0. The number of amides is 1. The van der Waals surface area contributed by atoms with Crippen LogP contribution in [0.1, 0.15) is 88.3 Å². The van der Waals surface area contributed by atoms with Crippen LogP contribution in [0.15, 0.2) is 12.3 Å². The molecule has 29 heavy (non-hydrogen) atoms. The standard InChI is InChI=1S/C22H32N4O3/c1-13(2)19-10-17(18-11-23-26(14(3)4)21(18)25-19)22(28)29-12-20(27)24-16-8-6-15(5)7-9-16/h10-11,13-16H,6-9,12H2,1-5H3,(H,24,27). The first-order valence-corrected chi connectivity index (χ1v) is 10.6. The molecule has 0 bridgehead atoms. The van der Waals surface area contributed by atoms with Crippen molar-refractivity contribution in [1.82, 2.24) is 20.1 Å². The Balaban J connectivity index is 1.72. The fourth-order valence-electron chi connectivity index (χ4n) is 3.76. The summed E-state index contributed by atoms with van der Waals surface area (Å²) in [7, 11) is 0. The molecule has 0 atom stereocenters. The van der Waals surface area contributed by atoms with Crippen molar-refractivity contribution in [1.29, 1.82) is 0 Å². The van der Waals surface area contributed by atoms with Crippen LogP contribution in [-0.4, -0.2) is 39.3 Å². The van der Waals surface area contributed by atoms with Crippen molar-refractivity contribution in [2.24, 2.45) is 5.92 Å². The molecule has 1 N–H and O–H groups in total. The SMILES string of the molecule is CC1CCC(NC(=O)COC(=O)c2cc(C(C)C)nc3c2cnn3C(C)C)CC1. The van der Waals surface area contributed by atoms with E-state index >= 15 is 0 Å². The van der Waals surface area contributed by atoms with Crippen LogP contribution in [0.2, 0.25) is 0 Å². The fourth-order valence-corrected chi connectivity index (χ4v) is 3.76. The maximum Gasteiger partial charge on any atom is 0.339 e. The van der Waals surface area contributed by atoms with Crippen LogP contribution in [0.5, 0.6) is 0 Å². The number of aromatic nitrogens is 3. The topological polar surface area (TPSA) is 86.1 Å². The van der Waals surface area contributed by atoms with Gasteiger partial charge in [-0.15, -0.1) is 0 Å². The molecule has 1 saturated carbocycles. The van der Waals surface area contributed by atoms with Gasteiger partial charge < -0.3 is 10.1 Å². The Hall–Kier alpha value is -2.44. The van der Waals surface area contributed by atoms with Gasteiger partial charge in [0.2, 0.25) is 0 Å². The number of pyridine rings is 1. The molecular weight excluding hydrogens is 368 g/mol. The maximum atomic E-state index is 12.8. The molecule has 0 radical (unpaired) electrons. The zero-order chi connectivity index (χ0) is 21.1. The van der Waals surface area contributed by atoms with Crippen LogP contribution in [0.3, 0.4) is 0 Å². The van der Waals surface area contributed by atoms with Crippen molar-refractivity contribution in [3.8, 4) is 0 Å². The van der Waals surface area contributed by atoms with Gasteiger partial charge in [-0.3, -0.25) is 4.79 Å². The highest BCUT2D eigenvalue weighted by molar-refractivity contribution is 6.03. The van der Waals surface area contributed by atoms with Crippen LogP contribution in [0, 0.1) is 5.92 Å². The lowest BCUT2D eigenvalue weighted by Crippen LogP contribution is -2.39. The van der Waals surface area contributed by atoms with Gasteiger partial charge in [0, 0.05) is 17.8 Å². The predicted octanol–water partition coefficient (Wildman–Crippen LogP) is 3.99. The smallest absolute Gasteiger partial charge is 0.339 e. The molecule has 7 nitrogen and oxygen atoms in total. The average molecular weight is 401 g/mol. The first-order valence-electron chi connectivity index (χ1n) is 10.6. The minimum absolute atomic E-state index is 0.121. The Morgan fingerprint density at radius 3 is 2.52 bits per heavy atom. The van der Waals surface area contributed by atoms with Gasteiger partial charge in [-0.1, -0.05) is 20.8 Å². The minimum Gasteiger partial charge on any atom is -0.452 e. The molecule has 158 valence electrons. The molecule has 0 aliphatic heterocycles. The number of ether oxygens (including phenoxy) is 1. The molecule has 7 heteroatoms. The Morgan fingerprint density at radius 1 is 1.21 bits per heavy atom. The van der Waals surface area contributed by atoms with Gasteiger partial charge in [-0.2, -0.15) is 5.10 Å². The second-order valence-electron chi connectivity index (χ2n) is 8.77. The molecule has 1 aliphatic carbocycles. The number of carbonyl (C=O) groups is 2. The second-order valence-corrected chi connectivity index (χ2v) is 8.77. The molecule has 2 heterocycles. The first kappa shape index (κ1) is 21.3. The third kappa shape index (κ3) is 4.95. The highest BCUT2D eigenvalue weighted by Crippen LogP contribution is 2.25. The Labute approximate surface area is 172 Å². The highest BCUT2D eigenvalue weighted by atomic mass is 16.5. The zero-order valence-corrected chi connectivity index (χ0v) is 18.1. The average Bonchev–Trinajstić information content (AvgIpc) is 3.11. The van der Waals surface area contributed by atoms with Crippen molar-refractivity contribution in [3.63, 3.8) is 0 Å². The summed E-state index contributed by atoms with van der Waals surface area (Å²) in [6, 6.07) is 2.05. The van der Waals surface area contributed by atoms with Crippen molar-refractivity contribution in [2.45, 2.75) is 78.3 Å². The molecule has 1 amide bonds. The van der Waals surface area contributed by atoms with Crippen molar-refractivity contribution >= 4 is 22.9 Å². The molecule has 0 saturated heterocycles. The predicted molar refractivity (Wildman–Crippen MR) is 112 cm³/mol. The van der Waals surface area contributed by atoms with E-state index in [-0.39, 0.29) is 30.5 Å². The van der Waals surface area contributed by atoms with Gasteiger partial charge in [0.15, 0.2) is 12.3 Å². The number of nitrogens with zero attached hydrogens (tertiary/aromatic N) is 3. The largest absolute Gasteiger partial charge is 0.452 e. The van der Waals surface area contributed by atoms with Crippen molar-refractivity contribution < 1.29 is 14.3 Å².